The average Bonchev–Trinajstić information content (AvgIpc) is 2.66. The van der Waals surface area contributed by atoms with E-state index < -0.39 is 0 Å². The molecule has 0 radical (unpaired) electrons. The van der Waals surface area contributed by atoms with Gasteiger partial charge in [-0.25, -0.2) is 0 Å². The lowest BCUT2D eigenvalue weighted by atomic mass is 9.85. The van der Waals surface area contributed by atoms with Gasteiger partial charge in [0.15, 0.2) is 0 Å². The van der Waals surface area contributed by atoms with Crippen molar-refractivity contribution in [1.29, 1.82) is 0 Å². The maximum Gasteiger partial charge on any atom is 0.141 e. The molecule has 0 unspecified atom stereocenters. The van der Waals surface area contributed by atoms with Crippen LogP contribution in [-0.2, 0) is 4.79 Å². The van der Waals surface area contributed by atoms with Crippen molar-refractivity contribution in [2.45, 2.75) is 47.0 Å². The van der Waals surface area contributed by atoms with Crippen LogP contribution in [0.5, 0.6) is 0 Å². The third kappa shape index (κ3) is 1.88. The van der Waals surface area contributed by atoms with Crippen LogP contribution in [0.25, 0.3) is 0 Å². The summed E-state index contributed by atoms with van der Waals surface area (Å²) < 4.78 is 0. The van der Waals surface area contributed by atoms with Crippen molar-refractivity contribution < 1.29 is 4.79 Å². The normalized spacial score (nSPS) is 20.2. The van der Waals surface area contributed by atoms with Gasteiger partial charge < -0.3 is 0 Å². The Morgan fingerprint density at radius 2 is 1.75 bits per heavy atom. The largest absolute Gasteiger partial charge is 0.299 e. The molecule has 1 aliphatic carbocycles. The van der Waals surface area contributed by atoms with Crippen LogP contribution in [0.15, 0.2) is 0 Å². The van der Waals surface area contributed by atoms with Gasteiger partial charge in [-0.15, -0.1) is 0 Å². The number of rotatable bonds is 4. The summed E-state index contributed by atoms with van der Waals surface area (Å²) in [6, 6.07) is 0. The van der Waals surface area contributed by atoms with E-state index in [1.165, 1.54) is 0 Å². The topological polar surface area (TPSA) is 17.1 Å². The second kappa shape index (κ2) is 3.20. The van der Waals surface area contributed by atoms with Gasteiger partial charge in [0.1, 0.15) is 5.78 Å². The van der Waals surface area contributed by atoms with E-state index in [1.807, 2.05) is 13.8 Å². The Kier molecular flexibility index (Phi) is 2.60. The fraction of sp³-hybridized carbons (Fsp3) is 0.909. The lowest BCUT2D eigenvalue weighted by molar-refractivity contribution is -0.127. The van der Waals surface area contributed by atoms with Crippen molar-refractivity contribution in [2.75, 3.05) is 0 Å². The molecule has 0 amide bonds. The maximum absolute atomic E-state index is 11.8. The Balaban J connectivity index is 2.54. The number of carbonyl (C=O) groups is 1. The van der Waals surface area contributed by atoms with Gasteiger partial charge in [0, 0.05) is 11.3 Å². The van der Waals surface area contributed by atoms with Gasteiger partial charge in [0.05, 0.1) is 0 Å². The molecule has 0 saturated heterocycles. The molecule has 1 heteroatoms. The van der Waals surface area contributed by atoms with E-state index in [1.54, 1.807) is 0 Å². The van der Waals surface area contributed by atoms with Crippen molar-refractivity contribution in [2.24, 2.45) is 17.3 Å². The van der Waals surface area contributed by atoms with Crippen LogP contribution in [0.1, 0.15) is 47.0 Å². The number of hydrogen-bond acceptors (Lipinski definition) is 1. The van der Waals surface area contributed by atoms with Gasteiger partial charge in [0.2, 0.25) is 0 Å². The van der Waals surface area contributed by atoms with E-state index >= 15 is 0 Å². The van der Waals surface area contributed by atoms with E-state index in [2.05, 4.69) is 13.8 Å². The van der Waals surface area contributed by atoms with Crippen molar-refractivity contribution in [3.8, 4) is 0 Å². The molecule has 0 aromatic rings. The highest BCUT2D eigenvalue weighted by atomic mass is 16.1. The predicted molar refractivity (Wildman–Crippen MR) is 51.0 cm³/mol. The van der Waals surface area contributed by atoms with Crippen LogP contribution in [0, 0.1) is 17.3 Å². The molecule has 70 valence electrons. The number of ketones is 1. The van der Waals surface area contributed by atoms with Crippen molar-refractivity contribution in [3.05, 3.63) is 0 Å². The Hall–Kier alpha value is -0.330. The molecule has 0 aromatic carbocycles. The summed E-state index contributed by atoms with van der Waals surface area (Å²) in [5, 5.41) is 0. The molecule has 12 heavy (non-hydrogen) atoms. The molecule has 1 aliphatic rings. The third-order valence-electron chi connectivity index (χ3n) is 2.70. The highest BCUT2D eigenvalue weighted by molar-refractivity contribution is 5.88. The van der Waals surface area contributed by atoms with Crippen molar-refractivity contribution in [1.82, 2.24) is 0 Å². The maximum atomic E-state index is 11.8. The summed E-state index contributed by atoms with van der Waals surface area (Å²) in [5.41, 5.74) is 0.113. The van der Waals surface area contributed by atoms with Crippen LogP contribution >= 0.6 is 0 Å². The highest BCUT2D eigenvalue weighted by Crippen LogP contribution is 2.52. The Morgan fingerprint density at radius 1 is 1.25 bits per heavy atom. The summed E-state index contributed by atoms with van der Waals surface area (Å²) in [7, 11) is 0. The first kappa shape index (κ1) is 9.76. The quantitative estimate of drug-likeness (QED) is 0.630. The first-order valence-electron chi connectivity index (χ1n) is 5.02. The zero-order valence-electron chi connectivity index (χ0n) is 8.68. The zero-order valence-corrected chi connectivity index (χ0v) is 8.68. The average molecular weight is 168 g/mol. The monoisotopic (exact) mass is 168 g/mol. The van der Waals surface area contributed by atoms with Gasteiger partial charge in [-0.3, -0.25) is 4.79 Å². The molecule has 1 nitrogen and oxygen atoms in total. The Morgan fingerprint density at radius 3 is 2.00 bits per heavy atom. The zero-order chi connectivity index (χ0) is 9.35. The molecule has 0 N–H and O–H groups in total. The molecule has 0 atom stereocenters. The van der Waals surface area contributed by atoms with Gasteiger partial charge in [-0.05, 0) is 25.2 Å². The third-order valence-corrected chi connectivity index (χ3v) is 2.70. The molecule has 1 saturated carbocycles. The molecule has 1 fully saturated rings. The van der Waals surface area contributed by atoms with Crippen LogP contribution in [0.2, 0.25) is 0 Å². The lowest BCUT2D eigenvalue weighted by Crippen LogP contribution is -2.22. The molecule has 0 aromatic heterocycles. The molecular formula is C11H20O. The van der Waals surface area contributed by atoms with Gasteiger partial charge >= 0.3 is 0 Å². The van der Waals surface area contributed by atoms with E-state index in [0.29, 0.717) is 11.7 Å². The first-order chi connectivity index (χ1) is 5.48. The van der Waals surface area contributed by atoms with E-state index in [0.717, 1.165) is 19.3 Å². The molecular weight excluding hydrogens is 148 g/mol. The van der Waals surface area contributed by atoms with Crippen molar-refractivity contribution in [3.63, 3.8) is 0 Å². The summed E-state index contributed by atoms with van der Waals surface area (Å²) >= 11 is 0. The van der Waals surface area contributed by atoms with E-state index in [4.69, 9.17) is 0 Å². The minimum Gasteiger partial charge on any atom is -0.299 e. The molecule has 0 aliphatic heterocycles. The fourth-order valence-electron chi connectivity index (χ4n) is 2.10. The number of Topliss-reactive ketones (excluding diaryl/α,β-unsaturated/α-hetero) is 1. The van der Waals surface area contributed by atoms with Gasteiger partial charge in [-0.1, -0.05) is 27.7 Å². The SMILES string of the molecule is CC(C)CC1(C(=O)C(C)C)CC1. The Labute approximate surface area is 75.5 Å². The van der Waals surface area contributed by atoms with Crippen LogP contribution in [0.4, 0.5) is 0 Å². The lowest BCUT2D eigenvalue weighted by Gasteiger charge is -2.18. The fourth-order valence-corrected chi connectivity index (χ4v) is 2.10. The summed E-state index contributed by atoms with van der Waals surface area (Å²) in [5.74, 6) is 1.39. The smallest absolute Gasteiger partial charge is 0.141 e. The Bertz CT molecular complexity index is 175. The van der Waals surface area contributed by atoms with Gasteiger partial charge in [0.25, 0.3) is 0 Å². The summed E-state index contributed by atoms with van der Waals surface area (Å²) in [6.45, 7) is 8.44. The molecule has 1 rings (SSSR count). The standard InChI is InChI=1S/C11H20O/c1-8(2)7-11(5-6-11)10(12)9(3)4/h8-9H,5-7H2,1-4H3. The van der Waals surface area contributed by atoms with Crippen molar-refractivity contribution >= 4 is 5.78 Å². The minimum absolute atomic E-state index is 0.113. The van der Waals surface area contributed by atoms with Crippen LogP contribution < -0.4 is 0 Å². The van der Waals surface area contributed by atoms with Crippen LogP contribution in [-0.4, -0.2) is 5.78 Å². The summed E-state index contributed by atoms with van der Waals surface area (Å²) in [4.78, 5) is 11.8. The highest BCUT2D eigenvalue weighted by Gasteiger charge is 2.49. The summed E-state index contributed by atoms with van der Waals surface area (Å²) in [6.07, 6.45) is 3.38. The second-order valence-corrected chi connectivity index (χ2v) is 4.90. The van der Waals surface area contributed by atoms with Gasteiger partial charge in [-0.2, -0.15) is 0 Å². The van der Waals surface area contributed by atoms with E-state index in [9.17, 15) is 4.79 Å². The molecule has 0 spiro atoms. The second-order valence-electron chi connectivity index (χ2n) is 4.90. The molecule has 0 heterocycles. The minimum atomic E-state index is 0.113. The predicted octanol–water partition coefficient (Wildman–Crippen LogP) is 3.04. The number of hydrogen-bond donors (Lipinski definition) is 0. The first-order valence-corrected chi connectivity index (χ1v) is 5.02. The number of carbonyl (C=O) groups excluding carboxylic acids is 1. The molecule has 0 bridgehead atoms. The van der Waals surface area contributed by atoms with Crippen LogP contribution in [0.3, 0.4) is 0 Å². The van der Waals surface area contributed by atoms with E-state index in [-0.39, 0.29) is 11.3 Å².